The van der Waals surface area contributed by atoms with Gasteiger partial charge >= 0.3 is 0 Å². The SMILES string of the molecule is CC(C)NC(=O)CCOc1ccc(CO)cc1. The number of aliphatic hydroxyl groups is 1. The molecule has 94 valence electrons. The fourth-order valence-electron chi connectivity index (χ4n) is 1.35. The summed E-state index contributed by atoms with van der Waals surface area (Å²) in [6, 6.07) is 7.32. The van der Waals surface area contributed by atoms with Gasteiger partial charge in [0.25, 0.3) is 0 Å². The molecule has 0 aliphatic carbocycles. The smallest absolute Gasteiger partial charge is 0.223 e. The number of rotatable bonds is 6. The summed E-state index contributed by atoms with van der Waals surface area (Å²) in [4.78, 5) is 11.3. The zero-order chi connectivity index (χ0) is 12.7. The van der Waals surface area contributed by atoms with E-state index in [0.29, 0.717) is 18.8 Å². The standard InChI is InChI=1S/C13H19NO3/c1-10(2)14-13(16)7-8-17-12-5-3-11(9-15)4-6-12/h3-6,10,15H,7-9H2,1-2H3,(H,14,16). The predicted molar refractivity (Wildman–Crippen MR) is 65.8 cm³/mol. The van der Waals surface area contributed by atoms with Crippen molar-refractivity contribution in [3.63, 3.8) is 0 Å². The lowest BCUT2D eigenvalue weighted by Gasteiger charge is -2.09. The third-order valence-electron chi connectivity index (χ3n) is 2.15. The van der Waals surface area contributed by atoms with Gasteiger partial charge in [0.05, 0.1) is 19.6 Å². The Labute approximate surface area is 102 Å². The van der Waals surface area contributed by atoms with E-state index in [1.54, 1.807) is 24.3 Å². The molecule has 0 fully saturated rings. The number of nitrogens with one attached hydrogen (secondary N) is 1. The number of hydrogen-bond donors (Lipinski definition) is 2. The van der Waals surface area contributed by atoms with Crippen molar-refractivity contribution in [2.75, 3.05) is 6.61 Å². The van der Waals surface area contributed by atoms with E-state index in [4.69, 9.17) is 9.84 Å². The first-order chi connectivity index (χ1) is 8.11. The zero-order valence-corrected chi connectivity index (χ0v) is 10.3. The first-order valence-electron chi connectivity index (χ1n) is 5.74. The molecule has 2 N–H and O–H groups in total. The summed E-state index contributed by atoms with van der Waals surface area (Å²) in [7, 11) is 0. The monoisotopic (exact) mass is 237 g/mol. The highest BCUT2D eigenvalue weighted by Gasteiger charge is 2.03. The van der Waals surface area contributed by atoms with Crippen LogP contribution in [0.1, 0.15) is 25.8 Å². The van der Waals surface area contributed by atoms with Crippen molar-refractivity contribution in [2.24, 2.45) is 0 Å². The molecule has 0 unspecified atom stereocenters. The Bertz CT molecular complexity index is 346. The summed E-state index contributed by atoms with van der Waals surface area (Å²) in [5, 5.41) is 11.7. The topological polar surface area (TPSA) is 58.6 Å². The third kappa shape index (κ3) is 5.36. The van der Waals surface area contributed by atoms with E-state index in [2.05, 4.69) is 5.32 Å². The summed E-state index contributed by atoms with van der Waals surface area (Å²) < 4.78 is 5.42. The highest BCUT2D eigenvalue weighted by atomic mass is 16.5. The molecular formula is C13H19NO3. The molecule has 1 amide bonds. The summed E-state index contributed by atoms with van der Waals surface area (Å²) in [6.45, 7) is 4.23. The molecule has 0 aliphatic heterocycles. The van der Waals surface area contributed by atoms with Crippen LogP contribution in [0, 0.1) is 0 Å². The zero-order valence-electron chi connectivity index (χ0n) is 10.3. The van der Waals surface area contributed by atoms with Gasteiger partial charge in [0, 0.05) is 6.04 Å². The van der Waals surface area contributed by atoms with Gasteiger partial charge in [-0.15, -0.1) is 0 Å². The molecule has 4 nitrogen and oxygen atoms in total. The molecule has 1 aromatic rings. The van der Waals surface area contributed by atoms with Gasteiger partial charge in [-0.05, 0) is 31.5 Å². The molecular weight excluding hydrogens is 218 g/mol. The summed E-state index contributed by atoms with van der Waals surface area (Å²) >= 11 is 0. The minimum Gasteiger partial charge on any atom is -0.493 e. The number of ether oxygens (including phenoxy) is 1. The van der Waals surface area contributed by atoms with Crippen molar-refractivity contribution in [1.82, 2.24) is 5.32 Å². The average molecular weight is 237 g/mol. The number of carbonyl (C=O) groups is 1. The van der Waals surface area contributed by atoms with E-state index < -0.39 is 0 Å². The maximum Gasteiger partial charge on any atom is 0.223 e. The van der Waals surface area contributed by atoms with Gasteiger partial charge in [-0.25, -0.2) is 0 Å². The van der Waals surface area contributed by atoms with Crippen LogP contribution in [0.5, 0.6) is 5.75 Å². The van der Waals surface area contributed by atoms with Crippen LogP contribution in [-0.2, 0) is 11.4 Å². The summed E-state index contributed by atoms with van der Waals surface area (Å²) in [5.74, 6) is 0.700. The van der Waals surface area contributed by atoms with Crippen LogP contribution in [-0.4, -0.2) is 23.7 Å². The predicted octanol–water partition coefficient (Wildman–Crippen LogP) is 1.47. The molecule has 0 atom stereocenters. The quantitative estimate of drug-likeness (QED) is 0.787. The van der Waals surface area contributed by atoms with Crippen molar-refractivity contribution < 1.29 is 14.6 Å². The van der Waals surface area contributed by atoms with Crippen LogP contribution < -0.4 is 10.1 Å². The Morgan fingerprint density at radius 1 is 1.35 bits per heavy atom. The molecule has 0 aromatic heterocycles. The number of hydrogen-bond acceptors (Lipinski definition) is 3. The van der Waals surface area contributed by atoms with E-state index >= 15 is 0 Å². The Hall–Kier alpha value is -1.55. The average Bonchev–Trinajstić information content (AvgIpc) is 2.29. The Balaban J connectivity index is 2.28. The van der Waals surface area contributed by atoms with E-state index in [0.717, 1.165) is 5.56 Å². The van der Waals surface area contributed by atoms with E-state index in [1.807, 2.05) is 13.8 Å². The highest BCUT2D eigenvalue weighted by molar-refractivity contribution is 5.76. The number of aliphatic hydroxyl groups excluding tert-OH is 1. The van der Waals surface area contributed by atoms with Gasteiger partial charge < -0.3 is 15.2 Å². The van der Waals surface area contributed by atoms with Gasteiger partial charge in [-0.1, -0.05) is 12.1 Å². The second-order valence-electron chi connectivity index (χ2n) is 4.12. The van der Waals surface area contributed by atoms with Gasteiger partial charge in [0.15, 0.2) is 0 Å². The summed E-state index contributed by atoms with van der Waals surface area (Å²) in [5.41, 5.74) is 0.843. The van der Waals surface area contributed by atoms with Crippen LogP contribution in [0.25, 0.3) is 0 Å². The number of benzene rings is 1. The highest BCUT2D eigenvalue weighted by Crippen LogP contribution is 2.12. The van der Waals surface area contributed by atoms with Crippen LogP contribution in [0.3, 0.4) is 0 Å². The molecule has 1 rings (SSSR count). The summed E-state index contributed by atoms with van der Waals surface area (Å²) in [6.07, 6.45) is 0.347. The molecule has 0 bridgehead atoms. The molecule has 1 aromatic carbocycles. The van der Waals surface area contributed by atoms with Gasteiger partial charge in [-0.3, -0.25) is 4.79 Å². The van der Waals surface area contributed by atoms with Crippen molar-refractivity contribution >= 4 is 5.91 Å². The molecule has 0 spiro atoms. The molecule has 0 saturated heterocycles. The molecule has 0 saturated carbocycles. The van der Waals surface area contributed by atoms with Crippen LogP contribution >= 0.6 is 0 Å². The molecule has 17 heavy (non-hydrogen) atoms. The van der Waals surface area contributed by atoms with Crippen LogP contribution in [0.2, 0.25) is 0 Å². The number of carbonyl (C=O) groups excluding carboxylic acids is 1. The van der Waals surface area contributed by atoms with Crippen molar-refractivity contribution in [3.8, 4) is 5.75 Å². The third-order valence-corrected chi connectivity index (χ3v) is 2.15. The van der Waals surface area contributed by atoms with E-state index in [1.165, 1.54) is 0 Å². The maximum atomic E-state index is 11.3. The second-order valence-corrected chi connectivity index (χ2v) is 4.12. The van der Waals surface area contributed by atoms with Crippen LogP contribution in [0.15, 0.2) is 24.3 Å². The maximum absolute atomic E-state index is 11.3. The Morgan fingerprint density at radius 2 is 2.00 bits per heavy atom. The van der Waals surface area contributed by atoms with Crippen molar-refractivity contribution in [1.29, 1.82) is 0 Å². The minimum absolute atomic E-state index is 0.00743. The minimum atomic E-state index is -0.00743. The lowest BCUT2D eigenvalue weighted by molar-refractivity contribution is -0.122. The number of amides is 1. The molecule has 4 heteroatoms. The Morgan fingerprint density at radius 3 is 2.53 bits per heavy atom. The lowest BCUT2D eigenvalue weighted by Crippen LogP contribution is -2.31. The van der Waals surface area contributed by atoms with Gasteiger partial charge in [-0.2, -0.15) is 0 Å². The largest absolute Gasteiger partial charge is 0.493 e. The normalized spacial score (nSPS) is 10.4. The fraction of sp³-hybridized carbons (Fsp3) is 0.462. The van der Waals surface area contributed by atoms with Gasteiger partial charge in [0.1, 0.15) is 5.75 Å². The van der Waals surface area contributed by atoms with Crippen LogP contribution in [0.4, 0.5) is 0 Å². The first-order valence-corrected chi connectivity index (χ1v) is 5.74. The van der Waals surface area contributed by atoms with E-state index in [9.17, 15) is 4.79 Å². The van der Waals surface area contributed by atoms with E-state index in [-0.39, 0.29) is 18.6 Å². The lowest BCUT2D eigenvalue weighted by atomic mass is 10.2. The first kappa shape index (κ1) is 13.5. The molecule has 0 heterocycles. The fourth-order valence-corrected chi connectivity index (χ4v) is 1.35. The van der Waals surface area contributed by atoms with Crippen molar-refractivity contribution in [3.05, 3.63) is 29.8 Å². The Kier molecular flexibility index (Phi) is 5.49. The van der Waals surface area contributed by atoms with Crippen molar-refractivity contribution in [2.45, 2.75) is 32.9 Å². The molecule has 0 aliphatic rings. The van der Waals surface area contributed by atoms with Gasteiger partial charge in [0.2, 0.25) is 5.91 Å². The molecule has 0 radical (unpaired) electrons. The second kappa shape index (κ2) is 6.91.